The Hall–Kier alpha value is -3.08. The molecule has 2 aromatic carbocycles. The Labute approximate surface area is 171 Å². The first-order valence-corrected chi connectivity index (χ1v) is 10.3. The Morgan fingerprint density at radius 2 is 1.83 bits per heavy atom. The van der Waals surface area contributed by atoms with Crippen LogP contribution >= 0.6 is 0 Å². The number of fused-ring (bicyclic) bond motifs is 1. The van der Waals surface area contributed by atoms with Crippen LogP contribution in [-0.4, -0.2) is 26.5 Å². The predicted octanol–water partition coefficient (Wildman–Crippen LogP) is 4.15. The van der Waals surface area contributed by atoms with Crippen LogP contribution in [0.15, 0.2) is 57.8 Å². The Morgan fingerprint density at radius 3 is 2.50 bits per heavy atom. The lowest BCUT2D eigenvalue weighted by Crippen LogP contribution is -2.25. The fourth-order valence-corrected chi connectivity index (χ4v) is 4.08. The van der Waals surface area contributed by atoms with E-state index < -0.39 is 22.1 Å². The van der Waals surface area contributed by atoms with Crippen molar-refractivity contribution >= 4 is 33.1 Å². The quantitative estimate of drug-likeness (QED) is 0.702. The minimum atomic E-state index is -4.79. The van der Waals surface area contributed by atoms with Crippen LogP contribution in [0, 0.1) is 5.92 Å². The standard InChI is InChI=1S/C19H18F3N3O4S/c1-12(10-17-24-15-4-2-3-5-16(15)30(27,28)25-17)11-18(26)23-13-6-8-14(9-7-13)29-19(20,21)22/h2-9,12H,10-11H2,1H3,(H,23,26)(H,24,25)/t12-/m0/s1. The molecule has 0 unspecified atom stereocenters. The summed E-state index contributed by atoms with van der Waals surface area (Å²) in [6, 6.07) is 11.2. The molecular formula is C19H18F3N3O4S. The molecule has 0 spiro atoms. The molecule has 160 valence electrons. The number of alkyl halides is 3. The number of hydrogen-bond acceptors (Lipinski definition) is 5. The van der Waals surface area contributed by atoms with Crippen molar-refractivity contribution < 1.29 is 31.1 Å². The molecule has 0 aromatic heterocycles. The van der Waals surface area contributed by atoms with Gasteiger partial charge in [0, 0.05) is 18.5 Å². The van der Waals surface area contributed by atoms with Gasteiger partial charge in [-0.25, -0.2) is 0 Å². The number of para-hydroxylation sites is 1. The molecule has 3 rings (SSSR count). The molecule has 0 radical (unpaired) electrons. The van der Waals surface area contributed by atoms with Gasteiger partial charge in [0.1, 0.15) is 16.5 Å². The zero-order chi connectivity index (χ0) is 21.9. The van der Waals surface area contributed by atoms with Crippen molar-refractivity contribution in [2.45, 2.75) is 31.0 Å². The van der Waals surface area contributed by atoms with E-state index >= 15 is 0 Å². The van der Waals surface area contributed by atoms with Gasteiger partial charge in [-0.05, 0) is 42.3 Å². The number of nitrogens with zero attached hydrogens (tertiary/aromatic N) is 1. The van der Waals surface area contributed by atoms with Crippen LogP contribution < -0.4 is 15.4 Å². The number of anilines is 2. The molecule has 11 heteroatoms. The van der Waals surface area contributed by atoms with Gasteiger partial charge in [-0.2, -0.15) is 8.42 Å². The normalized spacial score (nSPS) is 15.9. The molecular weight excluding hydrogens is 423 g/mol. The van der Waals surface area contributed by atoms with Gasteiger partial charge in [0.15, 0.2) is 0 Å². The first kappa shape index (κ1) is 21.6. The van der Waals surface area contributed by atoms with Gasteiger partial charge < -0.3 is 15.4 Å². The van der Waals surface area contributed by atoms with Crippen LogP contribution in [0.1, 0.15) is 19.8 Å². The molecule has 0 saturated carbocycles. The van der Waals surface area contributed by atoms with Gasteiger partial charge in [0.2, 0.25) is 5.91 Å². The van der Waals surface area contributed by atoms with Crippen LogP contribution in [0.2, 0.25) is 0 Å². The van der Waals surface area contributed by atoms with E-state index in [0.717, 1.165) is 12.1 Å². The van der Waals surface area contributed by atoms with E-state index in [4.69, 9.17) is 0 Å². The Kier molecular flexibility index (Phi) is 6.01. The number of halogens is 3. The molecule has 0 aliphatic carbocycles. The third-order valence-corrected chi connectivity index (χ3v) is 5.49. The second kappa shape index (κ2) is 8.34. The highest BCUT2D eigenvalue weighted by Gasteiger charge is 2.31. The third-order valence-electron chi connectivity index (χ3n) is 4.12. The minimum Gasteiger partial charge on any atom is -0.406 e. The van der Waals surface area contributed by atoms with Crippen molar-refractivity contribution in [1.29, 1.82) is 0 Å². The zero-order valence-electron chi connectivity index (χ0n) is 15.7. The fourth-order valence-electron chi connectivity index (χ4n) is 2.93. The van der Waals surface area contributed by atoms with Crippen LogP contribution in [0.4, 0.5) is 24.5 Å². The average Bonchev–Trinajstić information content (AvgIpc) is 2.61. The molecule has 1 amide bonds. The summed E-state index contributed by atoms with van der Waals surface area (Å²) in [5.74, 6) is -0.768. The van der Waals surface area contributed by atoms with Gasteiger partial charge in [0.05, 0.1) is 5.69 Å². The van der Waals surface area contributed by atoms with Crippen LogP contribution in [-0.2, 0) is 14.8 Å². The molecule has 2 N–H and O–H groups in total. The van der Waals surface area contributed by atoms with E-state index in [-0.39, 0.29) is 35.4 Å². The first-order chi connectivity index (χ1) is 14.0. The van der Waals surface area contributed by atoms with Gasteiger partial charge in [-0.3, -0.25) is 4.79 Å². The van der Waals surface area contributed by atoms with Crippen LogP contribution in [0.25, 0.3) is 0 Å². The van der Waals surface area contributed by atoms with Crippen molar-refractivity contribution in [3.63, 3.8) is 0 Å². The first-order valence-electron chi connectivity index (χ1n) is 8.87. The minimum absolute atomic E-state index is 0.0587. The number of hydrogen-bond donors (Lipinski definition) is 2. The summed E-state index contributed by atoms with van der Waals surface area (Å²) in [7, 11) is -3.80. The number of nitrogens with one attached hydrogen (secondary N) is 2. The summed E-state index contributed by atoms with van der Waals surface area (Å²) in [5.41, 5.74) is 0.742. The lowest BCUT2D eigenvalue weighted by atomic mass is 10.0. The number of ether oxygens (including phenoxy) is 1. The van der Waals surface area contributed by atoms with E-state index in [1.54, 1.807) is 25.1 Å². The summed E-state index contributed by atoms with van der Waals surface area (Å²) in [4.78, 5) is 12.3. The maximum Gasteiger partial charge on any atom is 0.573 e. The molecule has 30 heavy (non-hydrogen) atoms. The highest BCUT2D eigenvalue weighted by atomic mass is 32.2. The van der Waals surface area contributed by atoms with Crippen molar-refractivity contribution in [3.05, 3.63) is 48.5 Å². The molecule has 0 saturated heterocycles. The molecule has 2 aromatic rings. The van der Waals surface area contributed by atoms with Crippen molar-refractivity contribution in [2.24, 2.45) is 10.3 Å². The Balaban J connectivity index is 1.56. The predicted molar refractivity (Wildman–Crippen MR) is 105 cm³/mol. The molecule has 1 atom stereocenters. The lowest BCUT2D eigenvalue weighted by Gasteiger charge is -2.20. The van der Waals surface area contributed by atoms with Gasteiger partial charge >= 0.3 is 6.36 Å². The van der Waals surface area contributed by atoms with E-state index in [2.05, 4.69) is 19.8 Å². The Morgan fingerprint density at radius 1 is 1.17 bits per heavy atom. The number of sulfonamides is 1. The van der Waals surface area contributed by atoms with Crippen LogP contribution in [0.5, 0.6) is 5.75 Å². The number of amidine groups is 1. The second-order valence-corrected chi connectivity index (χ2v) is 8.34. The number of rotatable bonds is 6. The molecule has 1 aliphatic heterocycles. The summed E-state index contributed by atoms with van der Waals surface area (Å²) in [5, 5.41) is 5.54. The van der Waals surface area contributed by atoms with Crippen molar-refractivity contribution in [1.82, 2.24) is 0 Å². The van der Waals surface area contributed by atoms with Gasteiger partial charge in [0.25, 0.3) is 10.0 Å². The van der Waals surface area contributed by atoms with Crippen LogP contribution in [0.3, 0.4) is 0 Å². The monoisotopic (exact) mass is 441 g/mol. The SMILES string of the molecule is C[C@H](CC(=O)Nc1ccc(OC(F)(F)F)cc1)CC1=NS(=O)(=O)c2ccccc2N1. The highest BCUT2D eigenvalue weighted by molar-refractivity contribution is 7.90. The second-order valence-electron chi connectivity index (χ2n) is 6.77. The van der Waals surface area contributed by atoms with E-state index in [1.807, 2.05) is 0 Å². The number of carbonyl (C=O) groups is 1. The van der Waals surface area contributed by atoms with E-state index in [9.17, 15) is 26.4 Å². The largest absolute Gasteiger partial charge is 0.573 e. The van der Waals surface area contributed by atoms with E-state index in [0.29, 0.717) is 11.4 Å². The summed E-state index contributed by atoms with van der Waals surface area (Å²) in [6.45, 7) is 1.76. The molecule has 1 heterocycles. The van der Waals surface area contributed by atoms with Gasteiger partial charge in [-0.1, -0.05) is 19.1 Å². The number of amides is 1. The average molecular weight is 441 g/mol. The molecule has 0 bridgehead atoms. The van der Waals surface area contributed by atoms with E-state index in [1.165, 1.54) is 18.2 Å². The topological polar surface area (TPSA) is 96.9 Å². The summed E-state index contributed by atoms with van der Waals surface area (Å²) >= 11 is 0. The Bertz CT molecular complexity index is 1070. The smallest absolute Gasteiger partial charge is 0.406 e. The third kappa shape index (κ3) is 5.72. The number of carbonyl (C=O) groups excluding carboxylic acids is 1. The van der Waals surface area contributed by atoms with Gasteiger partial charge in [-0.15, -0.1) is 17.6 Å². The van der Waals surface area contributed by atoms with Crippen molar-refractivity contribution in [3.8, 4) is 5.75 Å². The lowest BCUT2D eigenvalue weighted by molar-refractivity contribution is -0.274. The fraction of sp³-hybridized carbons (Fsp3) is 0.263. The summed E-state index contributed by atoms with van der Waals surface area (Å²) < 4.78 is 68.6. The molecule has 1 aliphatic rings. The molecule has 0 fully saturated rings. The summed E-state index contributed by atoms with van der Waals surface area (Å²) in [6.07, 6.45) is -4.51. The maximum absolute atomic E-state index is 12.3. The zero-order valence-corrected chi connectivity index (χ0v) is 16.5. The maximum atomic E-state index is 12.3. The highest BCUT2D eigenvalue weighted by Crippen LogP contribution is 2.28. The van der Waals surface area contributed by atoms with Crippen molar-refractivity contribution in [2.75, 3.05) is 10.6 Å². The number of benzene rings is 2. The molecule has 7 nitrogen and oxygen atoms in total.